The molecule has 0 amide bonds. The van der Waals surface area contributed by atoms with Crippen molar-refractivity contribution in [3.63, 3.8) is 0 Å². The molecule has 0 heterocycles. The van der Waals surface area contributed by atoms with E-state index in [1.807, 2.05) is 73.7 Å². The van der Waals surface area contributed by atoms with Gasteiger partial charge in [0.15, 0.2) is 0 Å². The standard InChI is InChI=1S/C18H18O2/c1-2-20-18(19)17(13-15-9-5-3-6-10-15)14-16-11-7-4-8-12-16/h3-13H,2,14H2,1H3/b17-13-. The summed E-state index contributed by atoms with van der Waals surface area (Å²) in [4.78, 5) is 12.1. The number of rotatable bonds is 5. The fourth-order valence-corrected chi connectivity index (χ4v) is 1.97. The average molecular weight is 266 g/mol. The molecular formula is C18H18O2. The van der Waals surface area contributed by atoms with Crippen molar-refractivity contribution in [1.82, 2.24) is 0 Å². The van der Waals surface area contributed by atoms with Gasteiger partial charge < -0.3 is 4.74 Å². The van der Waals surface area contributed by atoms with Crippen LogP contribution in [-0.2, 0) is 16.0 Å². The van der Waals surface area contributed by atoms with Crippen LogP contribution < -0.4 is 0 Å². The molecule has 0 unspecified atom stereocenters. The van der Waals surface area contributed by atoms with E-state index in [1.165, 1.54) is 0 Å². The molecular weight excluding hydrogens is 248 g/mol. The molecule has 0 aromatic heterocycles. The van der Waals surface area contributed by atoms with Gasteiger partial charge in [0.2, 0.25) is 0 Å². The third-order valence-electron chi connectivity index (χ3n) is 2.92. The Bertz CT molecular complexity index is 571. The molecule has 0 aliphatic heterocycles. The van der Waals surface area contributed by atoms with Crippen LogP contribution in [0.15, 0.2) is 66.2 Å². The summed E-state index contributed by atoms with van der Waals surface area (Å²) in [5.74, 6) is -0.250. The first kappa shape index (κ1) is 14.1. The maximum Gasteiger partial charge on any atom is 0.334 e. The minimum absolute atomic E-state index is 0.250. The second-order valence-electron chi connectivity index (χ2n) is 4.46. The van der Waals surface area contributed by atoms with Crippen molar-refractivity contribution in [2.75, 3.05) is 6.61 Å². The Morgan fingerprint density at radius 3 is 2.20 bits per heavy atom. The highest BCUT2D eigenvalue weighted by Gasteiger charge is 2.11. The smallest absolute Gasteiger partial charge is 0.334 e. The predicted octanol–water partition coefficient (Wildman–Crippen LogP) is 3.88. The van der Waals surface area contributed by atoms with Crippen LogP contribution in [0.3, 0.4) is 0 Å². The molecule has 2 aromatic rings. The molecule has 0 spiro atoms. The van der Waals surface area contributed by atoms with Crippen LogP contribution in [0.5, 0.6) is 0 Å². The van der Waals surface area contributed by atoms with E-state index >= 15 is 0 Å². The lowest BCUT2D eigenvalue weighted by Gasteiger charge is -2.07. The Morgan fingerprint density at radius 2 is 1.60 bits per heavy atom. The van der Waals surface area contributed by atoms with Gasteiger partial charge in [-0.1, -0.05) is 60.7 Å². The summed E-state index contributed by atoms with van der Waals surface area (Å²) in [7, 11) is 0. The fourth-order valence-electron chi connectivity index (χ4n) is 1.97. The maximum absolute atomic E-state index is 12.1. The van der Waals surface area contributed by atoms with Gasteiger partial charge in [0.1, 0.15) is 0 Å². The Morgan fingerprint density at radius 1 is 1.00 bits per heavy atom. The summed E-state index contributed by atoms with van der Waals surface area (Å²) >= 11 is 0. The second-order valence-corrected chi connectivity index (χ2v) is 4.46. The molecule has 0 N–H and O–H groups in total. The van der Waals surface area contributed by atoms with Gasteiger partial charge in [0.25, 0.3) is 0 Å². The molecule has 2 aromatic carbocycles. The van der Waals surface area contributed by atoms with E-state index in [4.69, 9.17) is 4.74 Å². The highest BCUT2D eigenvalue weighted by Crippen LogP contribution is 2.14. The Hall–Kier alpha value is -2.35. The molecule has 0 aliphatic rings. The second kappa shape index (κ2) is 7.29. The molecule has 2 rings (SSSR count). The Kier molecular flexibility index (Phi) is 5.13. The van der Waals surface area contributed by atoms with Crippen LogP contribution in [-0.4, -0.2) is 12.6 Å². The fraction of sp³-hybridized carbons (Fsp3) is 0.167. The van der Waals surface area contributed by atoms with Crippen molar-refractivity contribution >= 4 is 12.0 Å². The lowest BCUT2D eigenvalue weighted by Crippen LogP contribution is -2.09. The Labute approximate surface area is 119 Å². The van der Waals surface area contributed by atoms with Crippen LogP contribution >= 0.6 is 0 Å². The monoisotopic (exact) mass is 266 g/mol. The van der Waals surface area contributed by atoms with Gasteiger partial charge in [0.05, 0.1) is 6.61 Å². The van der Waals surface area contributed by atoms with E-state index in [0.29, 0.717) is 18.6 Å². The highest BCUT2D eigenvalue weighted by atomic mass is 16.5. The third kappa shape index (κ3) is 4.09. The molecule has 2 nitrogen and oxygen atoms in total. The first-order valence-electron chi connectivity index (χ1n) is 6.76. The lowest BCUT2D eigenvalue weighted by atomic mass is 10.0. The molecule has 0 saturated carbocycles. The summed E-state index contributed by atoms with van der Waals surface area (Å²) < 4.78 is 5.14. The summed E-state index contributed by atoms with van der Waals surface area (Å²) in [6.07, 6.45) is 2.47. The van der Waals surface area contributed by atoms with Crippen molar-refractivity contribution in [2.24, 2.45) is 0 Å². The minimum Gasteiger partial charge on any atom is -0.463 e. The summed E-state index contributed by atoms with van der Waals surface area (Å²) in [5.41, 5.74) is 2.78. The molecule has 0 aliphatic carbocycles. The van der Waals surface area contributed by atoms with Crippen molar-refractivity contribution in [1.29, 1.82) is 0 Å². The van der Waals surface area contributed by atoms with Crippen LogP contribution in [0.25, 0.3) is 6.08 Å². The molecule has 0 radical (unpaired) electrons. The van der Waals surface area contributed by atoms with Crippen LogP contribution in [0.2, 0.25) is 0 Å². The first-order chi connectivity index (χ1) is 9.79. The van der Waals surface area contributed by atoms with E-state index in [2.05, 4.69) is 0 Å². The summed E-state index contributed by atoms with van der Waals surface area (Å²) in [6, 6.07) is 19.8. The van der Waals surface area contributed by atoms with Gasteiger partial charge in [-0.05, 0) is 24.1 Å². The SMILES string of the molecule is CCOC(=O)/C(=C\c1ccccc1)Cc1ccccc1. The van der Waals surface area contributed by atoms with Crippen molar-refractivity contribution in [3.05, 3.63) is 77.4 Å². The maximum atomic E-state index is 12.1. The number of esters is 1. The molecule has 0 bridgehead atoms. The molecule has 0 saturated heterocycles. The minimum atomic E-state index is -0.250. The molecule has 0 atom stereocenters. The zero-order chi connectivity index (χ0) is 14.2. The molecule has 2 heteroatoms. The van der Waals surface area contributed by atoms with E-state index in [1.54, 1.807) is 0 Å². The number of carbonyl (C=O) groups is 1. The Balaban J connectivity index is 2.25. The zero-order valence-electron chi connectivity index (χ0n) is 11.6. The largest absolute Gasteiger partial charge is 0.463 e. The summed E-state index contributed by atoms with van der Waals surface area (Å²) in [5, 5.41) is 0. The first-order valence-corrected chi connectivity index (χ1v) is 6.76. The third-order valence-corrected chi connectivity index (χ3v) is 2.92. The van der Waals surface area contributed by atoms with Crippen molar-refractivity contribution < 1.29 is 9.53 Å². The predicted molar refractivity (Wildman–Crippen MR) is 81.2 cm³/mol. The van der Waals surface area contributed by atoms with Gasteiger partial charge in [-0.2, -0.15) is 0 Å². The topological polar surface area (TPSA) is 26.3 Å². The number of ether oxygens (including phenoxy) is 1. The van der Waals surface area contributed by atoms with Gasteiger partial charge in [-0.3, -0.25) is 0 Å². The zero-order valence-corrected chi connectivity index (χ0v) is 11.6. The van der Waals surface area contributed by atoms with Crippen LogP contribution in [0.4, 0.5) is 0 Å². The van der Waals surface area contributed by atoms with Gasteiger partial charge in [0, 0.05) is 12.0 Å². The van der Waals surface area contributed by atoms with E-state index < -0.39 is 0 Å². The van der Waals surface area contributed by atoms with Crippen LogP contribution in [0.1, 0.15) is 18.1 Å². The normalized spacial score (nSPS) is 11.2. The van der Waals surface area contributed by atoms with Gasteiger partial charge >= 0.3 is 5.97 Å². The highest BCUT2D eigenvalue weighted by molar-refractivity contribution is 5.94. The quantitative estimate of drug-likeness (QED) is 0.606. The van der Waals surface area contributed by atoms with Crippen molar-refractivity contribution in [2.45, 2.75) is 13.3 Å². The molecule has 20 heavy (non-hydrogen) atoms. The number of benzene rings is 2. The van der Waals surface area contributed by atoms with E-state index in [9.17, 15) is 4.79 Å². The summed E-state index contributed by atoms with van der Waals surface area (Å²) in [6.45, 7) is 2.21. The van der Waals surface area contributed by atoms with Crippen molar-refractivity contribution in [3.8, 4) is 0 Å². The number of hydrogen-bond donors (Lipinski definition) is 0. The average Bonchev–Trinajstić information content (AvgIpc) is 2.49. The number of carbonyl (C=O) groups excluding carboxylic acids is 1. The van der Waals surface area contributed by atoms with Crippen LogP contribution in [0, 0.1) is 0 Å². The van der Waals surface area contributed by atoms with Gasteiger partial charge in [-0.15, -0.1) is 0 Å². The molecule has 102 valence electrons. The lowest BCUT2D eigenvalue weighted by molar-refractivity contribution is -0.138. The van der Waals surface area contributed by atoms with E-state index in [-0.39, 0.29) is 5.97 Å². The van der Waals surface area contributed by atoms with Gasteiger partial charge in [-0.25, -0.2) is 4.79 Å². The van der Waals surface area contributed by atoms with E-state index in [0.717, 1.165) is 11.1 Å². The molecule has 0 fully saturated rings. The number of hydrogen-bond acceptors (Lipinski definition) is 2.